The van der Waals surface area contributed by atoms with E-state index in [0.29, 0.717) is 6.61 Å². The molecule has 0 fully saturated rings. The second-order valence-corrected chi connectivity index (χ2v) is 5.67. The van der Waals surface area contributed by atoms with Gasteiger partial charge in [0.05, 0.1) is 12.7 Å². The van der Waals surface area contributed by atoms with Gasteiger partial charge in [0.25, 0.3) is 0 Å². The van der Waals surface area contributed by atoms with Crippen molar-refractivity contribution < 1.29 is 4.74 Å². The van der Waals surface area contributed by atoms with E-state index in [1.54, 1.807) is 0 Å². The summed E-state index contributed by atoms with van der Waals surface area (Å²) in [6, 6.07) is 10.7. The Balaban J connectivity index is 2.31. The summed E-state index contributed by atoms with van der Waals surface area (Å²) in [6.07, 6.45) is 5.26. The zero-order chi connectivity index (χ0) is 15.6. The van der Waals surface area contributed by atoms with Crippen molar-refractivity contribution in [1.29, 1.82) is 5.26 Å². The summed E-state index contributed by atoms with van der Waals surface area (Å²) in [5.74, 6) is 0.914. The molecular formula is C18H28N2O. The summed E-state index contributed by atoms with van der Waals surface area (Å²) in [4.78, 5) is 0. The molecule has 1 unspecified atom stereocenters. The van der Waals surface area contributed by atoms with Gasteiger partial charge in [-0.15, -0.1) is 0 Å². The lowest BCUT2D eigenvalue weighted by Crippen LogP contribution is -2.40. The van der Waals surface area contributed by atoms with Gasteiger partial charge in [0.15, 0.2) is 0 Å². The highest BCUT2D eigenvalue weighted by molar-refractivity contribution is 5.27. The number of aryl methyl sites for hydroxylation is 1. The zero-order valence-electron chi connectivity index (χ0n) is 13.6. The summed E-state index contributed by atoms with van der Waals surface area (Å²) < 4.78 is 5.75. The molecule has 0 bridgehead atoms. The van der Waals surface area contributed by atoms with Crippen molar-refractivity contribution in [2.45, 2.75) is 58.4 Å². The van der Waals surface area contributed by atoms with Crippen LogP contribution in [0.1, 0.15) is 52.0 Å². The highest BCUT2D eigenvalue weighted by Crippen LogP contribution is 2.16. The Morgan fingerprint density at radius 2 is 1.90 bits per heavy atom. The molecule has 0 saturated carbocycles. The van der Waals surface area contributed by atoms with Gasteiger partial charge in [-0.3, -0.25) is 5.32 Å². The maximum Gasteiger partial charge on any atom is 0.119 e. The summed E-state index contributed by atoms with van der Waals surface area (Å²) in [5, 5.41) is 12.4. The van der Waals surface area contributed by atoms with Gasteiger partial charge in [-0.25, -0.2) is 0 Å². The van der Waals surface area contributed by atoms with Crippen LogP contribution < -0.4 is 10.1 Å². The van der Waals surface area contributed by atoms with Crippen molar-refractivity contribution in [3.05, 3.63) is 29.8 Å². The molecule has 0 heterocycles. The molecule has 1 atom stereocenters. The van der Waals surface area contributed by atoms with Crippen molar-refractivity contribution in [1.82, 2.24) is 5.32 Å². The van der Waals surface area contributed by atoms with E-state index in [9.17, 15) is 5.26 Å². The fourth-order valence-electron chi connectivity index (χ4n) is 2.32. The Labute approximate surface area is 129 Å². The van der Waals surface area contributed by atoms with Gasteiger partial charge < -0.3 is 4.74 Å². The minimum Gasteiger partial charge on any atom is -0.494 e. The molecule has 1 aromatic rings. The van der Waals surface area contributed by atoms with E-state index in [0.717, 1.165) is 31.6 Å². The third-order valence-corrected chi connectivity index (χ3v) is 3.65. The van der Waals surface area contributed by atoms with Crippen LogP contribution in [0.25, 0.3) is 0 Å². The molecule has 0 spiro atoms. The molecule has 0 amide bonds. The first-order valence-corrected chi connectivity index (χ1v) is 8.01. The Morgan fingerprint density at radius 1 is 1.19 bits per heavy atom. The summed E-state index contributed by atoms with van der Waals surface area (Å²) in [5.41, 5.74) is 0.927. The number of benzene rings is 1. The van der Waals surface area contributed by atoms with Crippen LogP contribution in [-0.4, -0.2) is 18.7 Å². The second kappa shape index (κ2) is 9.41. The smallest absolute Gasteiger partial charge is 0.119 e. The minimum atomic E-state index is -0.442. The highest BCUT2D eigenvalue weighted by Gasteiger charge is 2.21. The van der Waals surface area contributed by atoms with Gasteiger partial charge in [0.2, 0.25) is 0 Å². The number of hydrogen-bond donors (Lipinski definition) is 1. The van der Waals surface area contributed by atoms with Gasteiger partial charge in [-0.05, 0) is 56.8 Å². The fourth-order valence-corrected chi connectivity index (χ4v) is 2.32. The van der Waals surface area contributed by atoms with Crippen LogP contribution in [0.3, 0.4) is 0 Å². The molecule has 0 radical (unpaired) electrons. The highest BCUT2D eigenvalue weighted by atomic mass is 16.5. The van der Waals surface area contributed by atoms with Crippen LogP contribution in [0.15, 0.2) is 24.3 Å². The molecule has 0 saturated heterocycles. The predicted octanol–water partition coefficient (Wildman–Crippen LogP) is 4.08. The van der Waals surface area contributed by atoms with Gasteiger partial charge in [0, 0.05) is 0 Å². The fraction of sp³-hybridized carbons (Fsp3) is 0.611. The Hall–Kier alpha value is -1.53. The first kappa shape index (κ1) is 17.5. The molecule has 0 aliphatic carbocycles. The van der Waals surface area contributed by atoms with Crippen LogP contribution >= 0.6 is 0 Å². The van der Waals surface area contributed by atoms with E-state index >= 15 is 0 Å². The molecule has 1 rings (SSSR count). The largest absolute Gasteiger partial charge is 0.494 e. The maximum atomic E-state index is 9.18. The lowest BCUT2D eigenvalue weighted by atomic mass is 9.98. The number of nitrogens with zero attached hydrogens (tertiary/aromatic N) is 1. The molecular weight excluding hydrogens is 260 g/mol. The van der Waals surface area contributed by atoms with E-state index in [-0.39, 0.29) is 0 Å². The van der Waals surface area contributed by atoms with Crippen molar-refractivity contribution in [3.63, 3.8) is 0 Å². The van der Waals surface area contributed by atoms with Gasteiger partial charge in [0.1, 0.15) is 11.3 Å². The molecule has 0 aliphatic rings. The first-order valence-electron chi connectivity index (χ1n) is 8.01. The van der Waals surface area contributed by atoms with Gasteiger partial charge in [-0.2, -0.15) is 5.26 Å². The molecule has 116 valence electrons. The average molecular weight is 288 g/mol. The van der Waals surface area contributed by atoms with E-state index in [2.05, 4.69) is 30.4 Å². The van der Waals surface area contributed by atoms with Crippen LogP contribution in [0, 0.1) is 11.3 Å². The van der Waals surface area contributed by atoms with Crippen LogP contribution in [0.5, 0.6) is 5.75 Å². The molecule has 3 heteroatoms. The lowest BCUT2D eigenvalue weighted by Gasteiger charge is -2.22. The van der Waals surface area contributed by atoms with Crippen LogP contribution in [0.2, 0.25) is 0 Å². The zero-order valence-corrected chi connectivity index (χ0v) is 13.6. The molecule has 21 heavy (non-hydrogen) atoms. The Morgan fingerprint density at radius 3 is 2.48 bits per heavy atom. The predicted molar refractivity (Wildman–Crippen MR) is 87.5 cm³/mol. The third-order valence-electron chi connectivity index (χ3n) is 3.65. The first-order chi connectivity index (χ1) is 10.1. The Bertz CT molecular complexity index is 436. The number of ether oxygens (including phenoxy) is 1. The van der Waals surface area contributed by atoms with Gasteiger partial charge in [-0.1, -0.05) is 32.4 Å². The molecule has 3 nitrogen and oxygen atoms in total. The standard InChI is InChI=1S/C18H28N2O/c1-4-6-8-16-9-11-17(12-10-16)21-14-7-13-18(3,15-19)20-5-2/h9-12,20H,4-8,13-14H2,1-3H3. The van der Waals surface area contributed by atoms with E-state index in [1.165, 1.54) is 18.4 Å². The number of nitrogens with one attached hydrogen (secondary N) is 1. The monoisotopic (exact) mass is 288 g/mol. The summed E-state index contributed by atoms with van der Waals surface area (Å²) in [7, 11) is 0. The summed E-state index contributed by atoms with van der Waals surface area (Å²) in [6.45, 7) is 7.63. The maximum absolute atomic E-state index is 9.18. The van der Waals surface area contributed by atoms with Crippen molar-refractivity contribution in [2.75, 3.05) is 13.2 Å². The van der Waals surface area contributed by atoms with E-state index in [1.807, 2.05) is 26.0 Å². The number of unbranched alkanes of at least 4 members (excludes halogenated alkanes) is 1. The number of hydrogen-bond acceptors (Lipinski definition) is 3. The minimum absolute atomic E-state index is 0.442. The molecule has 1 aromatic carbocycles. The quantitative estimate of drug-likeness (QED) is 0.660. The van der Waals surface area contributed by atoms with E-state index in [4.69, 9.17) is 4.74 Å². The topological polar surface area (TPSA) is 45.0 Å². The second-order valence-electron chi connectivity index (χ2n) is 5.67. The van der Waals surface area contributed by atoms with Crippen LogP contribution in [0.4, 0.5) is 0 Å². The Kier molecular flexibility index (Phi) is 7.85. The lowest BCUT2D eigenvalue weighted by molar-refractivity contribution is 0.286. The van der Waals surface area contributed by atoms with E-state index < -0.39 is 5.54 Å². The summed E-state index contributed by atoms with van der Waals surface area (Å²) >= 11 is 0. The number of rotatable bonds is 10. The van der Waals surface area contributed by atoms with Crippen LogP contribution in [-0.2, 0) is 6.42 Å². The van der Waals surface area contributed by atoms with Crippen molar-refractivity contribution in [3.8, 4) is 11.8 Å². The SMILES string of the molecule is CCCCc1ccc(OCCCC(C)(C#N)NCC)cc1. The van der Waals surface area contributed by atoms with Crippen molar-refractivity contribution in [2.24, 2.45) is 0 Å². The normalized spacial score (nSPS) is 13.4. The molecule has 1 N–H and O–H groups in total. The van der Waals surface area contributed by atoms with Gasteiger partial charge >= 0.3 is 0 Å². The number of nitriles is 1. The average Bonchev–Trinajstić information content (AvgIpc) is 2.51. The molecule has 0 aromatic heterocycles. The van der Waals surface area contributed by atoms with Crippen molar-refractivity contribution >= 4 is 0 Å². The molecule has 0 aliphatic heterocycles. The third kappa shape index (κ3) is 6.64.